The third kappa shape index (κ3) is 3.78. The summed E-state index contributed by atoms with van der Waals surface area (Å²) in [5.41, 5.74) is 2.07. The Balaban J connectivity index is 1.44. The van der Waals surface area contributed by atoms with E-state index in [0.717, 1.165) is 69.7 Å². The van der Waals surface area contributed by atoms with E-state index in [2.05, 4.69) is 31.5 Å². The second-order valence-electron chi connectivity index (χ2n) is 7.95. The van der Waals surface area contributed by atoms with Crippen LogP contribution in [0.3, 0.4) is 0 Å². The number of hydrogen-bond donors (Lipinski definition) is 0. The van der Waals surface area contributed by atoms with Crippen molar-refractivity contribution in [2.45, 2.75) is 51.1 Å². The van der Waals surface area contributed by atoms with Gasteiger partial charge in [0, 0.05) is 25.2 Å². The standard InChI is InChI=1S/C21H28N4O2S/c1-16-19(28-23-22-16)20(26)25-13-4-10-21(25)9-3-12-24(14-11-21)15-17-5-7-18(27-2)8-6-17/h5-8H,3-4,9-15H2,1-2H3/t21-/m0/s1. The van der Waals surface area contributed by atoms with Crippen molar-refractivity contribution in [1.29, 1.82) is 0 Å². The van der Waals surface area contributed by atoms with Crippen LogP contribution in [-0.2, 0) is 6.54 Å². The molecule has 0 N–H and O–H groups in total. The molecule has 7 heteroatoms. The molecule has 1 aromatic carbocycles. The van der Waals surface area contributed by atoms with Crippen LogP contribution < -0.4 is 4.74 Å². The first-order valence-electron chi connectivity index (χ1n) is 10.1. The summed E-state index contributed by atoms with van der Waals surface area (Å²) in [5, 5.41) is 4.04. The zero-order chi connectivity index (χ0) is 19.6. The molecule has 2 aromatic rings. The smallest absolute Gasteiger partial charge is 0.267 e. The first-order chi connectivity index (χ1) is 13.6. The number of ether oxygens (including phenoxy) is 1. The molecule has 2 aliphatic rings. The predicted molar refractivity (Wildman–Crippen MR) is 110 cm³/mol. The number of aryl methyl sites for hydroxylation is 1. The molecule has 0 saturated carbocycles. The lowest BCUT2D eigenvalue weighted by Crippen LogP contribution is -2.47. The summed E-state index contributed by atoms with van der Waals surface area (Å²) in [6, 6.07) is 8.34. The Bertz CT molecular complexity index is 822. The Morgan fingerprint density at radius 2 is 1.89 bits per heavy atom. The minimum Gasteiger partial charge on any atom is -0.497 e. The Hall–Kier alpha value is -1.99. The molecule has 0 radical (unpaired) electrons. The Morgan fingerprint density at radius 3 is 2.57 bits per heavy atom. The largest absolute Gasteiger partial charge is 0.497 e. The van der Waals surface area contributed by atoms with Gasteiger partial charge in [-0.15, -0.1) is 5.10 Å². The van der Waals surface area contributed by atoms with Crippen LogP contribution in [0.1, 0.15) is 53.0 Å². The minimum absolute atomic E-state index is 0.00215. The van der Waals surface area contributed by atoms with Gasteiger partial charge < -0.3 is 9.64 Å². The van der Waals surface area contributed by atoms with Crippen LogP contribution >= 0.6 is 11.5 Å². The minimum atomic E-state index is 0.00215. The summed E-state index contributed by atoms with van der Waals surface area (Å²) in [5.74, 6) is 1.03. The maximum absolute atomic E-state index is 13.2. The molecule has 0 bridgehead atoms. The van der Waals surface area contributed by atoms with Gasteiger partial charge in [0.1, 0.15) is 10.6 Å². The average molecular weight is 401 g/mol. The fourth-order valence-corrected chi connectivity index (χ4v) is 5.31. The predicted octanol–water partition coefficient (Wildman–Crippen LogP) is 3.52. The van der Waals surface area contributed by atoms with E-state index < -0.39 is 0 Å². The van der Waals surface area contributed by atoms with Crippen molar-refractivity contribution in [1.82, 2.24) is 19.4 Å². The van der Waals surface area contributed by atoms with Crippen LogP contribution in [0.4, 0.5) is 0 Å². The molecule has 4 rings (SSSR count). The van der Waals surface area contributed by atoms with Crippen LogP contribution in [0.5, 0.6) is 5.75 Å². The van der Waals surface area contributed by atoms with Crippen molar-refractivity contribution in [3.8, 4) is 5.75 Å². The summed E-state index contributed by atoms with van der Waals surface area (Å²) in [6.45, 7) is 5.79. The molecule has 1 spiro atoms. The fraction of sp³-hybridized carbons (Fsp3) is 0.571. The first-order valence-corrected chi connectivity index (χ1v) is 10.8. The molecule has 28 heavy (non-hydrogen) atoms. The van der Waals surface area contributed by atoms with Gasteiger partial charge in [-0.25, -0.2) is 0 Å². The van der Waals surface area contributed by atoms with Crippen LogP contribution in [0.15, 0.2) is 24.3 Å². The number of aromatic nitrogens is 2. The van der Waals surface area contributed by atoms with Gasteiger partial charge in [0.15, 0.2) is 0 Å². The van der Waals surface area contributed by atoms with E-state index in [1.54, 1.807) is 7.11 Å². The highest BCUT2D eigenvalue weighted by Crippen LogP contribution is 2.40. The second kappa shape index (κ2) is 8.17. The van der Waals surface area contributed by atoms with Gasteiger partial charge >= 0.3 is 0 Å². The molecule has 3 heterocycles. The molecular formula is C21H28N4O2S. The van der Waals surface area contributed by atoms with Crippen LogP contribution in [-0.4, -0.2) is 57.6 Å². The van der Waals surface area contributed by atoms with Gasteiger partial charge in [0.05, 0.1) is 12.8 Å². The molecule has 2 fully saturated rings. The first kappa shape index (κ1) is 19.3. The molecule has 1 amide bonds. The van der Waals surface area contributed by atoms with Gasteiger partial charge in [-0.3, -0.25) is 9.69 Å². The number of benzene rings is 1. The monoisotopic (exact) mass is 400 g/mol. The van der Waals surface area contributed by atoms with E-state index in [1.807, 2.05) is 19.1 Å². The quantitative estimate of drug-likeness (QED) is 0.786. The highest BCUT2D eigenvalue weighted by Gasteiger charge is 2.45. The summed E-state index contributed by atoms with van der Waals surface area (Å²) in [4.78, 5) is 18.6. The topological polar surface area (TPSA) is 58.6 Å². The number of carbonyl (C=O) groups excluding carboxylic acids is 1. The molecule has 2 saturated heterocycles. The van der Waals surface area contributed by atoms with Crippen LogP contribution in [0.25, 0.3) is 0 Å². The number of hydrogen-bond acceptors (Lipinski definition) is 6. The van der Waals surface area contributed by atoms with Crippen molar-refractivity contribution in [3.05, 3.63) is 40.4 Å². The zero-order valence-electron chi connectivity index (χ0n) is 16.7. The van der Waals surface area contributed by atoms with E-state index in [0.29, 0.717) is 4.88 Å². The van der Waals surface area contributed by atoms with Gasteiger partial charge in [-0.2, -0.15) is 0 Å². The zero-order valence-corrected chi connectivity index (χ0v) is 17.5. The highest BCUT2D eigenvalue weighted by molar-refractivity contribution is 7.07. The second-order valence-corrected chi connectivity index (χ2v) is 8.70. The maximum atomic E-state index is 13.2. The third-order valence-electron chi connectivity index (χ3n) is 6.26. The molecule has 0 unspecified atom stereocenters. The lowest BCUT2D eigenvalue weighted by atomic mass is 9.87. The summed E-state index contributed by atoms with van der Waals surface area (Å²) < 4.78 is 9.22. The third-order valence-corrected chi connectivity index (χ3v) is 7.08. The summed E-state index contributed by atoms with van der Waals surface area (Å²) in [6.07, 6.45) is 5.46. The van der Waals surface area contributed by atoms with E-state index in [9.17, 15) is 4.79 Å². The highest BCUT2D eigenvalue weighted by atomic mass is 32.1. The average Bonchev–Trinajstić information content (AvgIpc) is 3.26. The number of rotatable bonds is 4. The number of methoxy groups -OCH3 is 1. The van der Waals surface area contributed by atoms with Gasteiger partial charge in [0.2, 0.25) is 0 Å². The lowest BCUT2D eigenvalue weighted by Gasteiger charge is -2.38. The van der Waals surface area contributed by atoms with Gasteiger partial charge in [-0.1, -0.05) is 16.6 Å². The number of carbonyl (C=O) groups is 1. The van der Waals surface area contributed by atoms with Crippen molar-refractivity contribution < 1.29 is 9.53 Å². The molecule has 0 aliphatic carbocycles. The van der Waals surface area contributed by atoms with E-state index >= 15 is 0 Å². The summed E-state index contributed by atoms with van der Waals surface area (Å²) >= 11 is 1.23. The molecule has 1 aromatic heterocycles. The normalized spacial score (nSPS) is 23.1. The Labute approximate surface area is 170 Å². The Kier molecular flexibility index (Phi) is 5.64. The van der Waals surface area contributed by atoms with Crippen molar-refractivity contribution in [2.75, 3.05) is 26.7 Å². The van der Waals surface area contributed by atoms with Gasteiger partial charge in [0.25, 0.3) is 5.91 Å². The molecule has 6 nitrogen and oxygen atoms in total. The summed E-state index contributed by atoms with van der Waals surface area (Å²) in [7, 11) is 1.70. The molecular weight excluding hydrogens is 372 g/mol. The molecule has 1 atom stereocenters. The fourth-order valence-electron chi connectivity index (χ4n) is 4.71. The van der Waals surface area contributed by atoms with Crippen LogP contribution in [0.2, 0.25) is 0 Å². The molecule has 2 aliphatic heterocycles. The van der Waals surface area contributed by atoms with Crippen molar-refractivity contribution in [2.24, 2.45) is 0 Å². The number of amides is 1. The Morgan fingerprint density at radius 1 is 1.14 bits per heavy atom. The van der Waals surface area contributed by atoms with E-state index in [-0.39, 0.29) is 11.4 Å². The van der Waals surface area contributed by atoms with Gasteiger partial charge in [-0.05, 0) is 74.8 Å². The van der Waals surface area contributed by atoms with E-state index in [1.165, 1.54) is 17.1 Å². The van der Waals surface area contributed by atoms with Crippen molar-refractivity contribution in [3.63, 3.8) is 0 Å². The lowest BCUT2D eigenvalue weighted by molar-refractivity contribution is 0.0562. The maximum Gasteiger partial charge on any atom is 0.267 e. The molecule has 150 valence electrons. The SMILES string of the molecule is COc1ccc(CN2CCC[C@]3(CCCN3C(=O)c3snnc3C)CC2)cc1. The van der Waals surface area contributed by atoms with Crippen LogP contribution in [0, 0.1) is 6.92 Å². The number of likely N-dealkylation sites (tertiary alicyclic amines) is 2. The van der Waals surface area contributed by atoms with Crippen molar-refractivity contribution >= 4 is 17.4 Å². The number of nitrogens with zero attached hydrogens (tertiary/aromatic N) is 4. The van der Waals surface area contributed by atoms with E-state index in [4.69, 9.17) is 4.74 Å².